The molecule has 6 heteroatoms. The molecule has 2 heterocycles. The summed E-state index contributed by atoms with van der Waals surface area (Å²) in [4.78, 5) is 11.8. The minimum atomic E-state index is -0.0325. The highest BCUT2D eigenvalue weighted by molar-refractivity contribution is 5.95. The molecule has 1 fully saturated rings. The summed E-state index contributed by atoms with van der Waals surface area (Å²) in [7, 11) is 0. The molecule has 0 spiro atoms. The summed E-state index contributed by atoms with van der Waals surface area (Å²) >= 11 is 0. The summed E-state index contributed by atoms with van der Waals surface area (Å²) in [6.07, 6.45) is 3.74. The SMILES string of the molecule is Cc1[nH]ncc1C(=O)NC1CCCNC1.Cl. The number of hydrogen-bond acceptors (Lipinski definition) is 3. The van der Waals surface area contributed by atoms with Crippen LogP contribution in [0.4, 0.5) is 0 Å². The molecule has 1 unspecified atom stereocenters. The van der Waals surface area contributed by atoms with E-state index in [0.717, 1.165) is 31.6 Å². The second-order valence-electron chi connectivity index (χ2n) is 3.93. The first-order valence-electron chi connectivity index (χ1n) is 5.29. The number of aromatic nitrogens is 2. The molecule has 1 aliphatic rings. The Labute approximate surface area is 101 Å². The van der Waals surface area contributed by atoms with Crippen molar-refractivity contribution in [3.8, 4) is 0 Å². The summed E-state index contributed by atoms with van der Waals surface area (Å²) in [5.74, 6) is -0.0325. The van der Waals surface area contributed by atoms with Crippen LogP contribution in [0.3, 0.4) is 0 Å². The molecule has 0 aliphatic carbocycles. The highest BCUT2D eigenvalue weighted by Crippen LogP contribution is 2.06. The first kappa shape index (κ1) is 13.0. The molecule has 0 bridgehead atoms. The minimum Gasteiger partial charge on any atom is -0.348 e. The van der Waals surface area contributed by atoms with E-state index >= 15 is 0 Å². The summed E-state index contributed by atoms with van der Waals surface area (Å²) < 4.78 is 0. The van der Waals surface area contributed by atoms with E-state index in [2.05, 4.69) is 20.8 Å². The number of amides is 1. The summed E-state index contributed by atoms with van der Waals surface area (Å²) in [6, 6.07) is 0.251. The first-order valence-corrected chi connectivity index (χ1v) is 5.29. The second-order valence-corrected chi connectivity index (χ2v) is 3.93. The predicted octanol–water partition coefficient (Wildman–Crippen LogP) is 0.622. The molecule has 1 aliphatic heterocycles. The number of piperidine rings is 1. The van der Waals surface area contributed by atoms with Gasteiger partial charge in [-0.15, -0.1) is 12.4 Å². The smallest absolute Gasteiger partial charge is 0.254 e. The molecule has 5 nitrogen and oxygen atoms in total. The van der Waals surface area contributed by atoms with Gasteiger partial charge in [-0.05, 0) is 26.3 Å². The molecule has 0 aromatic carbocycles. The standard InChI is InChI=1S/C10H16N4O.ClH/c1-7-9(6-12-14-7)10(15)13-8-3-2-4-11-5-8;/h6,8,11H,2-5H2,1H3,(H,12,14)(H,13,15);1H. The van der Waals surface area contributed by atoms with Gasteiger partial charge in [0, 0.05) is 18.3 Å². The molecule has 0 radical (unpaired) electrons. The molecule has 1 amide bonds. The Morgan fingerprint density at radius 1 is 1.62 bits per heavy atom. The highest BCUT2D eigenvalue weighted by Gasteiger charge is 2.17. The zero-order chi connectivity index (χ0) is 10.7. The van der Waals surface area contributed by atoms with E-state index in [1.54, 1.807) is 6.20 Å². The van der Waals surface area contributed by atoms with Crippen molar-refractivity contribution in [3.63, 3.8) is 0 Å². The van der Waals surface area contributed by atoms with Crippen molar-refractivity contribution in [1.29, 1.82) is 0 Å². The highest BCUT2D eigenvalue weighted by atomic mass is 35.5. The van der Waals surface area contributed by atoms with E-state index in [0.29, 0.717) is 5.56 Å². The predicted molar refractivity (Wildman–Crippen MR) is 63.9 cm³/mol. The van der Waals surface area contributed by atoms with Crippen LogP contribution >= 0.6 is 12.4 Å². The number of rotatable bonds is 2. The number of carbonyl (C=O) groups excluding carboxylic acids is 1. The quantitative estimate of drug-likeness (QED) is 0.715. The van der Waals surface area contributed by atoms with Crippen molar-refractivity contribution >= 4 is 18.3 Å². The van der Waals surface area contributed by atoms with E-state index in [4.69, 9.17) is 0 Å². The molecule has 3 N–H and O–H groups in total. The van der Waals surface area contributed by atoms with Gasteiger partial charge in [0.2, 0.25) is 0 Å². The number of nitrogens with one attached hydrogen (secondary N) is 3. The largest absolute Gasteiger partial charge is 0.348 e. The van der Waals surface area contributed by atoms with Gasteiger partial charge in [-0.3, -0.25) is 9.89 Å². The normalized spacial score (nSPS) is 19.9. The lowest BCUT2D eigenvalue weighted by Crippen LogP contribution is -2.45. The first-order chi connectivity index (χ1) is 7.27. The Morgan fingerprint density at radius 2 is 2.44 bits per heavy atom. The van der Waals surface area contributed by atoms with Crippen molar-refractivity contribution in [2.75, 3.05) is 13.1 Å². The van der Waals surface area contributed by atoms with Crippen molar-refractivity contribution in [3.05, 3.63) is 17.5 Å². The molecule has 1 aromatic heterocycles. The van der Waals surface area contributed by atoms with Crippen LogP contribution in [-0.4, -0.2) is 35.2 Å². The Kier molecular flexibility index (Phi) is 4.76. The average molecular weight is 245 g/mol. The number of aromatic amines is 1. The van der Waals surface area contributed by atoms with Crippen LogP contribution in [0.2, 0.25) is 0 Å². The minimum absolute atomic E-state index is 0. The van der Waals surface area contributed by atoms with E-state index in [9.17, 15) is 4.79 Å². The number of carbonyl (C=O) groups is 1. The second kappa shape index (κ2) is 5.86. The van der Waals surface area contributed by atoms with Crippen molar-refractivity contribution < 1.29 is 4.79 Å². The van der Waals surface area contributed by atoms with Crippen molar-refractivity contribution in [2.45, 2.75) is 25.8 Å². The molecular formula is C10H17ClN4O. The summed E-state index contributed by atoms with van der Waals surface area (Å²) in [5.41, 5.74) is 1.46. The topological polar surface area (TPSA) is 69.8 Å². The van der Waals surface area contributed by atoms with Gasteiger partial charge < -0.3 is 10.6 Å². The van der Waals surface area contributed by atoms with Crippen molar-refractivity contribution in [2.24, 2.45) is 0 Å². The van der Waals surface area contributed by atoms with Crippen LogP contribution in [-0.2, 0) is 0 Å². The Bertz CT molecular complexity index is 346. The average Bonchev–Trinajstić information content (AvgIpc) is 2.66. The van der Waals surface area contributed by atoms with E-state index in [-0.39, 0.29) is 24.4 Å². The van der Waals surface area contributed by atoms with Crippen LogP contribution in [0, 0.1) is 6.92 Å². The van der Waals surface area contributed by atoms with E-state index in [1.807, 2.05) is 6.92 Å². The maximum Gasteiger partial charge on any atom is 0.254 e. The molecule has 1 saturated heterocycles. The lowest BCUT2D eigenvalue weighted by molar-refractivity contribution is 0.0930. The Hall–Kier alpha value is -1.07. The fourth-order valence-corrected chi connectivity index (χ4v) is 1.82. The fraction of sp³-hybridized carbons (Fsp3) is 0.600. The van der Waals surface area contributed by atoms with Gasteiger partial charge in [-0.1, -0.05) is 0 Å². The van der Waals surface area contributed by atoms with E-state index in [1.165, 1.54) is 0 Å². The zero-order valence-corrected chi connectivity index (χ0v) is 10.1. The van der Waals surface area contributed by atoms with Gasteiger partial charge >= 0.3 is 0 Å². The number of hydrogen-bond donors (Lipinski definition) is 3. The molecule has 2 rings (SSSR count). The molecular weight excluding hydrogens is 228 g/mol. The molecule has 1 aromatic rings. The van der Waals surface area contributed by atoms with Crippen LogP contribution < -0.4 is 10.6 Å². The van der Waals surface area contributed by atoms with Gasteiger partial charge in [0.25, 0.3) is 5.91 Å². The number of halogens is 1. The van der Waals surface area contributed by atoms with Crippen LogP contribution in [0.1, 0.15) is 28.9 Å². The fourth-order valence-electron chi connectivity index (χ4n) is 1.82. The summed E-state index contributed by atoms with van der Waals surface area (Å²) in [6.45, 7) is 3.76. The Balaban J connectivity index is 0.00000128. The van der Waals surface area contributed by atoms with Gasteiger partial charge in [-0.2, -0.15) is 5.10 Å². The van der Waals surface area contributed by atoms with Gasteiger partial charge in [-0.25, -0.2) is 0 Å². The summed E-state index contributed by atoms with van der Waals surface area (Å²) in [5, 5.41) is 12.9. The van der Waals surface area contributed by atoms with Crippen LogP contribution in [0.5, 0.6) is 0 Å². The molecule has 90 valence electrons. The molecule has 0 saturated carbocycles. The number of aryl methyl sites for hydroxylation is 1. The maximum atomic E-state index is 11.8. The van der Waals surface area contributed by atoms with Crippen LogP contribution in [0.25, 0.3) is 0 Å². The molecule has 1 atom stereocenters. The number of nitrogens with zero attached hydrogens (tertiary/aromatic N) is 1. The monoisotopic (exact) mass is 244 g/mol. The van der Waals surface area contributed by atoms with Gasteiger partial charge in [0.1, 0.15) is 0 Å². The van der Waals surface area contributed by atoms with E-state index < -0.39 is 0 Å². The van der Waals surface area contributed by atoms with Crippen LogP contribution in [0.15, 0.2) is 6.20 Å². The zero-order valence-electron chi connectivity index (χ0n) is 9.25. The maximum absolute atomic E-state index is 11.8. The number of H-pyrrole nitrogens is 1. The third kappa shape index (κ3) is 2.96. The van der Waals surface area contributed by atoms with Gasteiger partial charge in [0.05, 0.1) is 11.8 Å². The third-order valence-corrected chi connectivity index (χ3v) is 2.71. The Morgan fingerprint density at radius 3 is 3.00 bits per heavy atom. The van der Waals surface area contributed by atoms with Crippen molar-refractivity contribution in [1.82, 2.24) is 20.8 Å². The lowest BCUT2D eigenvalue weighted by atomic mass is 10.1. The third-order valence-electron chi connectivity index (χ3n) is 2.71. The molecule has 16 heavy (non-hydrogen) atoms. The lowest BCUT2D eigenvalue weighted by Gasteiger charge is -2.23. The van der Waals surface area contributed by atoms with Gasteiger partial charge in [0.15, 0.2) is 0 Å².